The Kier molecular flexibility index (Phi) is 10.1. The Morgan fingerprint density at radius 2 is 1.06 bits per heavy atom. The average molecular weight is 484 g/mol. The number of benzene rings is 3. The van der Waals surface area contributed by atoms with Crippen molar-refractivity contribution in [3.05, 3.63) is 108 Å². The van der Waals surface area contributed by atoms with E-state index in [1.165, 1.54) is 0 Å². The summed E-state index contributed by atoms with van der Waals surface area (Å²) in [6, 6.07) is 31.1. The number of aliphatic hydroxyl groups is 5. The van der Waals surface area contributed by atoms with Crippen LogP contribution in [0.4, 0.5) is 0 Å². The van der Waals surface area contributed by atoms with Crippen molar-refractivity contribution >= 4 is 11.8 Å². The monoisotopic (exact) mass is 483 g/mol. The molecule has 3 aromatic carbocycles. The zero-order valence-corrected chi connectivity index (χ0v) is 19.8. The summed E-state index contributed by atoms with van der Waals surface area (Å²) in [6.45, 7) is -0.122. The van der Waals surface area contributed by atoms with Gasteiger partial charge in [0.2, 0.25) is 0 Å². The Balaban J connectivity index is 1.75. The van der Waals surface area contributed by atoms with E-state index in [-0.39, 0.29) is 6.54 Å². The van der Waals surface area contributed by atoms with Crippen LogP contribution >= 0.6 is 11.8 Å². The van der Waals surface area contributed by atoms with Gasteiger partial charge in [-0.15, -0.1) is 11.8 Å². The lowest BCUT2D eigenvalue weighted by Crippen LogP contribution is -2.49. The fourth-order valence-corrected chi connectivity index (χ4v) is 5.44. The molecule has 0 aromatic heterocycles. The number of thioether (sulfide) groups is 1. The van der Waals surface area contributed by atoms with E-state index in [4.69, 9.17) is 5.11 Å². The van der Waals surface area contributed by atoms with Crippen molar-refractivity contribution in [1.29, 1.82) is 0 Å². The third-order valence-corrected chi connectivity index (χ3v) is 7.37. The smallest absolute Gasteiger partial charge is 0.111 e. The van der Waals surface area contributed by atoms with Crippen LogP contribution in [-0.4, -0.2) is 75.4 Å². The molecule has 0 aliphatic carbocycles. The first-order valence-electron chi connectivity index (χ1n) is 11.3. The molecule has 4 atom stereocenters. The van der Waals surface area contributed by atoms with Crippen molar-refractivity contribution in [2.45, 2.75) is 29.2 Å². The standard InChI is InChI=1S/C27H33NO5S/c29-19-24(31)26(33)25(32)23(30)18-28-16-17-34-27(20-10-4-1-5-11-20,21-12-6-2-7-13-21)22-14-8-3-9-15-22/h1-15,23-26,28-33H,16-19H2/t23-,24+,25+,26+/m0/s1. The molecule has 0 saturated heterocycles. The Morgan fingerprint density at radius 3 is 1.47 bits per heavy atom. The molecule has 6 nitrogen and oxygen atoms in total. The first kappa shape index (κ1) is 26.4. The van der Waals surface area contributed by atoms with E-state index >= 15 is 0 Å². The van der Waals surface area contributed by atoms with Gasteiger partial charge in [0.1, 0.15) is 18.3 Å². The number of nitrogens with one attached hydrogen (secondary N) is 1. The molecule has 3 rings (SSSR count). The number of rotatable bonds is 13. The summed E-state index contributed by atoms with van der Waals surface area (Å²) in [5.41, 5.74) is 3.48. The maximum atomic E-state index is 10.2. The van der Waals surface area contributed by atoms with Crippen molar-refractivity contribution in [2.24, 2.45) is 0 Å². The third kappa shape index (κ3) is 6.25. The highest BCUT2D eigenvalue weighted by atomic mass is 32.2. The molecular weight excluding hydrogens is 450 g/mol. The summed E-state index contributed by atoms with van der Waals surface area (Å²) in [4.78, 5) is 0. The molecule has 6 N–H and O–H groups in total. The minimum absolute atomic E-state index is 0.0337. The van der Waals surface area contributed by atoms with Crippen molar-refractivity contribution in [1.82, 2.24) is 5.32 Å². The van der Waals surface area contributed by atoms with Crippen LogP contribution in [-0.2, 0) is 4.75 Å². The summed E-state index contributed by atoms with van der Waals surface area (Å²) in [7, 11) is 0. The van der Waals surface area contributed by atoms with Crippen LogP contribution in [0.25, 0.3) is 0 Å². The molecule has 0 heterocycles. The van der Waals surface area contributed by atoms with Crippen molar-refractivity contribution in [3.8, 4) is 0 Å². The Morgan fingerprint density at radius 1 is 0.647 bits per heavy atom. The molecule has 0 unspecified atom stereocenters. The second-order valence-electron chi connectivity index (χ2n) is 8.13. The molecule has 182 valence electrons. The molecule has 7 heteroatoms. The van der Waals surface area contributed by atoms with Gasteiger partial charge in [0, 0.05) is 18.8 Å². The minimum atomic E-state index is -1.63. The van der Waals surface area contributed by atoms with Gasteiger partial charge in [0.25, 0.3) is 0 Å². The Hall–Kier alpha value is -2.23. The van der Waals surface area contributed by atoms with Crippen LogP contribution < -0.4 is 5.32 Å². The Labute approximate surface area is 204 Å². The van der Waals surface area contributed by atoms with E-state index in [1.807, 2.05) is 54.6 Å². The van der Waals surface area contributed by atoms with Crippen LogP contribution in [0.1, 0.15) is 16.7 Å². The quantitative estimate of drug-likeness (QED) is 0.162. The van der Waals surface area contributed by atoms with Crippen molar-refractivity contribution in [3.63, 3.8) is 0 Å². The summed E-state index contributed by atoms with van der Waals surface area (Å²) < 4.78 is -0.439. The van der Waals surface area contributed by atoms with Gasteiger partial charge in [-0.2, -0.15) is 0 Å². The highest BCUT2D eigenvalue weighted by Crippen LogP contribution is 2.48. The first-order chi connectivity index (χ1) is 16.5. The molecule has 0 radical (unpaired) electrons. The zero-order valence-electron chi connectivity index (χ0n) is 18.9. The largest absolute Gasteiger partial charge is 0.394 e. The Bertz CT molecular complexity index is 864. The number of hydrogen-bond donors (Lipinski definition) is 6. The predicted octanol–water partition coefficient (Wildman–Crippen LogP) is 1.74. The van der Waals surface area contributed by atoms with Crippen molar-refractivity contribution < 1.29 is 25.5 Å². The van der Waals surface area contributed by atoms with Crippen molar-refractivity contribution in [2.75, 3.05) is 25.4 Å². The van der Waals surface area contributed by atoms with Crippen LogP contribution in [0.5, 0.6) is 0 Å². The molecule has 3 aromatic rings. The summed E-state index contributed by atoms with van der Waals surface area (Å²) >= 11 is 1.77. The summed E-state index contributed by atoms with van der Waals surface area (Å²) in [5, 5.41) is 51.5. The molecule has 0 aliphatic heterocycles. The highest BCUT2D eigenvalue weighted by Gasteiger charge is 2.36. The maximum Gasteiger partial charge on any atom is 0.111 e. The number of hydrogen-bond acceptors (Lipinski definition) is 7. The maximum absolute atomic E-state index is 10.2. The molecule has 0 fully saturated rings. The topological polar surface area (TPSA) is 113 Å². The van der Waals surface area contributed by atoms with Gasteiger partial charge in [-0.3, -0.25) is 0 Å². The fraction of sp³-hybridized carbons (Fsp3) is 0.333. The third-order valence-electron chi connectivity index (χ3n) is 5.82. The zero-order chi connectivity index (χ0) is 24.4. The van der Waals surface area contributed by atoms with Gasteiger partial charge >= 0.3 is 0 Å². The van der Waals surface area contributed by atoms with Crippen LogP contribution in [0.2, 0.25) is 0 Å². The van der Waals surface area contributed by atoms with Gasteiger partial charge in [-0.05, 0) is 16.7 Å². The predicted molar refractivity (Wildman–Crippen MR) is 136 cm³/mol. The fourth-order valence-electron chi connectivity index (χ4n) is 3.98. The van der Waals surface area contributed by atoms with E-state index in [9.17, 15) is 20.4 Å². The van der Waals surface area contributed by atoms with Gasteiger partial charge in [0.15, 0.2) is 0 Å². The highest BCUT2D eigenvalue weighted by molar-refractivity contribution is 8.00. The van der Waals surface area contributed by atoms with Gasteiger partial charge < -0.3 is 30.8 Å². The van der Waals surface area contributed by atoms with Crippen LogP contribution in [0.3, 0.4) is 0 Å². The van der Waals surface area contributed by atoms with E-state index in [1.54, 1.807) is 11.8 Å². The first-order valence-corrected chi connectivity index (χ1v) is 12.3. The summed E-state index contributed by atoms with van der Waals surface area (Å²) in [6.07, 6.45) is -6.00. The normalized spacial score (nSPS) is 15.4. The lowest BCUT2D eigenvalue weighted by Gasteiger charge is -2.35. The average Bonchev–Trinajstić information content (AvgIpc) is 2.91. The van der Waals surface area contributed by atoms with E-state index in [0.717, 1.165) is 16.7 Å². The second kappa shape index (κ2) is 13.0. The van der Waals surface area contributed by atoms with E-state index in [2.05, 4.69) is 41.7 Å². The molecule has 0 bridgehead atoms. The van der Waals surface area contributed by atoms with E-state index in [0.29, 0.717) is 12.3 Å². The van der Waals surface area contributed by atoms with Gasteiger partial charge in [0.05, 0.1) is 17.5 Å². The molecule has 0 amide bonds. The number of aliphatic hydroxyl groups excluding tert-OH is 5. The SMILES string of the molecule is OC[C@@H](O)[C@@H](O)[C@H](O)[C@@H](O)CNCCSC(c1ccccc1)(c1ccccc1)c1ccccc1. The van der Waals surface area contributed by atoms with Gasteiger partial charge in [-0.25, -0.2) is 0 Å². The summed E-state index contributed by atoms with van der Waals surface area (Å²) in [5.74, 6) is 0.698. The van der Waals surface area contributed by atoms with E-state index < -0.39 is 35.8 Å². The molecule has 0 aliphatic rings. The lowest BCUT2D eigenvalue weighted by molar-refractivity contribution is -0.113. The second-order valence-corrected chi connectivity index (χ2v) is 9.44. The van der Waals surface area contributed by atoms with Crippen LogP contribution in [0, 0.1) is 0 Å². The van der Waals surface area contributed by atoms with Crippen LogP contribution in [0.15, 0.2) is 91.0 Å². The molecule has 34 heavy (non-hydrogen) atoms. The van der Waals surface area contributed by atoms with Gasteiger partial charge in [-0.1, -0.05) is 91.0 Å². The molecular formula is C27H33NO5S. The molecule has 0 saturated carbocycles. The molecule has 0 spiro atoms. The minimum Gasteiger partial charge on any atom is -0.394 e. The lowest BCUT2D eigenvalue weighted by atomic mass is 9.84.